The largest absolute Gasteiger partial charge is 0.481 e. The van der Waals surface area contributed by atoms with Crippen molar-refractivity contribution >= 4 is 28.7 Å². The maximum Gasteiger partial charge on any atom is 0.340 e. The molecule has 0 spiro atoms. The highest BCUT2D eigenvalue weighted by atomic mass is 16.5. The van der Waals surface area contributed by atoms with Crippen LogP contribution in [0.3, 0.4) is 0 Å². The minimum absolute atomic E-state index is 0.298. The van der Waals surface area contributed by atoms with Crippen molar-refractivity contribution in [2.45, 2.75) is 77.4 Å². The molecule has 2 fully saturated rings. The average Bonchev–Trinajstić information content (AvgIpc) is 3.11. The van der Waals surface area contributed by atoms with E-state index in [-0.39, 0.29) is 17.8 Å². The van der Waals surface area contributed by atoms with E-state index in [0.717, 1.165) is 42.3 Å². The zero-order valence-corrected chi connectivity index (χ0v) is 22.3. The molecule has 1 saturated heterocycles. The van der Waals surface area contributed by atoms with Crippen LogP contribution in [0, 0.1) is 6.92 Å². The standard InChI is InChI=1S/C31H36N2O5/c1-3-37-31(36)28-21(2)33(23-14-8-5-9-15-23)26-18-17-24(20-25(26)28)38-27-16-10-11-19-32(30(27)35)29(34)22-12-6-4-7-13-22/h4,6-7,12-13,17-18,20,23,27H,3,5,8-11,14-16,19H2,1-2H3. The topological polar surface area (TPSA) is 77.8 Å². The molecule has 7 nitrogen and oxygen atoms in total. The molecule has 1 aliphatic heterocycles. The zero-order chi connectivity index (χ0) is 26.6. The lowest BCUT2D eigenvalue weighted by atomic mass is 9.95. The van der Waals surface area contributed by atoms with Crippen LogP contribution in [0.1, 0.15) is 90.7 Å². The molecule has 38 heavy (non-hydrogen) atoms. The number of rotatable bonds is 6. The molecule has 1 aliphatic carbocycles. The summed E-state index contributed by atoms with van der Waals surface area (Å²) in [6.07, 6.45) is 7.07. The van der Waals surface area contributed by atoms with Crippen molar-refractivity contribution in [2.75, 3.05) is 13.2 Å². The van der Waals surface area contributed by atoms with Crippen molar-refractivity contribution in [3.05, 3.63) is 65.4 Å². The number of nitrogens with zero attached hydrogens (tertiary/aromatic N) is 2. The monoisotopic (exact) mass is 516 g/mol. The van der Waals surface area contributed by atoms with Gasteiger partial charge in [-0.1, -0.05) is 37.5 Å². The van der Waals surface area contributed by atoms with Crippen LogP contribution in [0.5, 0.6) is 5.75 Å². The Hall–Kier alpha value is -3.61. The number of carbonyl (C=O) groups is 3. The van der Waals surface area contributed by atoms with Gasteiger partial charge < -0.3 is 14.0 Å². The molecule has 0 bridgehead atoms. The number of amides is 2. The van der Waals surface area contributed by atoms with Crippen molar-refractivity contribution in [1.29, 1.82) is 0 Å². The number of ether oxygens (including phenoxy) is 2. The summed E-state index contributed by atoms with van der Waals surface area (Å²) >= 11 is 0. The molecule has 0 N–H and O–H groups in total. The number of aromatic nitrogens is 1. The Morgan fingerprint density at radius 2 is 1.68 bits per heavy atom. The molecule has 2 amide bonds. The van der Waals surface area contributed by atoms with E-state index in [1.807, 2.05) is 38.1 Å². The first-order valence-electron chi connectivity index (χ1n) is 13.9. The lowest BCUT2D eigenvalue weighted by Gasteiger charge is -2.26. The van der Waals surface area contributed by atoms with Gasteiger partial charge in [-0.15, -0.1) is 0 Å². The molecule has 2 aromatic carbocycles. The fourth-order valence-electron chi connectivity index (χ4n) is 5.98. The summed E-state index contributed by atoms with van der Waals surface area (Å²) in [5.74, 6) is -0.451. The molecule has 2 aliphatic rings. The number of esters is 1. The molecule has 7 heteroatoms. The third kappa shape index (κ3) is 5.06. The van der Waals surface area contributed by atoms with Gasteiger partial charge >= 0.3 is 5.97 Å². The molecule has 1 atom stereocenters. The second-order valence-electron chi connectivity index (χ2n) is 10.3. The predicted molar refractivity (Wildman–Crippen MR) is 146 cm³/mol. The summed E-state index contributed by atoms with van der Waals surface area (Å²) < 4.78 is 14.0. The third-order valence-electron chi connectivity index (χ3n) is 7.82. The number of fused-ring (bicyclic) bond motifs is 1. The number of likely N-dealkylation sites (tertiary alicyclic amines) is 1. The zero-order valence-electron chi connectivity index (χ0n) is 22.3. The van der Waals surface area contributed by atoms with Gasteiger partial charge in [0.1, 0.15) is 5.75 Å². The van der Waals surface area contributed by atoms with Crippen LogP contribution < -0.4 is 4.74 Å². The minimum Gasteiger partial charge on any atom is -0.481 e. The molecule has 5 rings (SSSR count). The van der Waals surface area contributed by atoms with E-state index in [1.165, 1.54) is 24.2 Å². The van der Waals surface area contributed by atoms with Crippen LogP contribution in [0.4, 0.5) is 0 Å². The predicted octanol–water partition coefficient (Wildman–Crippen LogP) is 6.23. The lowest BCUT2D eigenvalue weighted by Crippen LogP contribution is -2.44. The highest BCUT2D eigenvalue weighted by Gasteiger charge is 2.33. The Bertz CT molecular complexity index is 1320. The van der Waals surface area contributed by atoms with Gasteiger partial charge in [-0.05, 0) is 76.3 Å². The molecule has 1 saturated carbocycles. The third-order valence-corrected chi connectivity index (χ3v) is 7.82. The van der Waals surface area contributed by atoms with Gasteiger partial charge in [0.15, 0.2) is 6.10 Å². The van der Waals surface area contributed by atoms with Crippen LogP contribution >= 0.6 is 0 Å². The van der Waals surface area contributed by atoms with E-state index >= 15 is 0 Å². The fourth-order valence-corrected chi connectivity index (χ4v) is 5.98. The first-order valence-corrected chi connectivity index (χ1v) is 13.9. The Morgan fingerprint density at radius 3 is 2.42 bits per heavy atom. The normalized spacial score (nSPS) is 18.8. The molecule has 200 valence electrons. The Balaban J connectivity index is 1.47. The fraction of sp³-hybridized carbons (Fsp3) is 0.452. The average molecular weight is 517 g/mol. The Labute approximate surface area is 223 Å². The molecular weight excluding hydrogens is 480 g/mol. The number of hydrogen-bond donors (Lipinski definition) is 0. The van der Waals surface area contributed by atoms with Gasteiger partial charge in [-0.25, -0.2) is 4.79 Å². The number of benzene rings is 2. The van der Waals surface area contributed by atoms with Crippen LogP contribution in [-0.2, 0) is 9.53 Å². The van der Waals surface area contributed by atoms with E-state index in [4.69, 9.17) is 9.47 Å². The maximum absolute atomic E-state index is 13.5. The van der Waals surface area contributed by atoms with E-state index in [0.29, 0.717) is 42.5 Å². The highest BCUT2D eigenvalue weighted by Crippen LogP contribution is 2.38. The quantitative estimate of drug-likeness (QED) is 0.287. The van der Waals surface area contributed by atoms with Gasteiger partial charge in [0.25, 0.3) is 11.8 Å². The number of imide groups is 1. The van der Waals surface area contributed by atoms with Crippen molar-refractivity contribution in [1.82, 2.24) is 9.47 Å². The Kier molecular flexibility index (Phi) is 7.82. The first kappa shape index (κ1) is 26.0. The van der Waals surface area contributed by atoms with Crippen molar-refractivity contribution < 1.29 is 23.9 Å². The van der Waals surface area contributed by atoms with Gasteiger partial charge in [-0.3, -0.25) is 14.5 Å². The van der Waals surface area contributed by atoms with Gasteiger partial charge in [0, 0.05) is 34.7 Å². The van der Waals surface area contributed by atoms with Crippen LogP contribution in [0.15, 0.2) is 48.5 Å². The first-order chi connectivity index (χ1) is 18.5. The van der Waals surface area contributed by atoms with Gasteiger partial charge in [-0.2, -0.15) is 0 Å². The second kappa shape index (κ2) is 11.4. The molecule has 3 aromatic rings. The molecule has 1 unspecified atom stereocenters. The van der Waals surface area contributed by atoms with Gasteiger partial charge in [0.2, 0.25) is 0 Å². The van der Waals surface area contributed by atoms with Crippen LogP contribution in [0.2, 0.25) is 0 Å². The Morgan fingerprint density at radius 1 is 0.947 bits per heavy atom. The maximum atomic E-state index is 13.5. The summed E-state index contributed by atoms with van der Waals surface area (Å²) in [7, 11) is 0. The van der Waals surface area contributed by atoms with Crippen molar-refractivity contribution in [2.24, 2.45) is 0 Å². The second-order valence-corrected chi connectivity index (χ2v) is 10.3. The summed E-state index contributed by atoms with van der Waals surface area (Å²) in [4.78, 5) is 40.9. The van der Waals surface area contributed by atoms with Crippen LogP contribution in [0.25, 0.3) is 10.9 Å². The SMILES string of the molecule is CCOC(=O)c1c(C)n(C2CCCCC2)c2ccc(OC3CCCCN(C(=O)c4ccccc4)C3=O)cc12. The number of carbonyl (C=O) groups excluding carboxylic acids is 3. The van der Waals surface area contributed by atoms with Crippen LogP contribution in [-0.4, -0.2) is 46.5 Å². The molecule has 0 radical (unpaired) electrons. The van der Waals surface area contributed by atoms with E-state index in [9.17, 15) is 14.4 Å². The minimum atomic E-state index is -0.768. The van der Waals surface area contributed by atoms with Gasteiger partial charge in [0.05, 0.1) is 12.2 Å². The molecule has 1 aromatic heterocycles. The summed E-state index contributed by atoms with van der Waals surface area (Å²) in [5.41, 5.74) is 2.94. The summed E-state index contributed by atoms with van der Waals surface area (Å²) in [6, 6.07) is 14.9. The molecular formula is C31H36N2O5. The summed E-state index contributed by atoms with van der Waals surface area (Å²) in [6.45, 7) is 4.47. The summed E-state index contributed by atoms with van der Waals surface area (Å²) in [5, 5.41) is 0.780. The van der Waals surface area contributed by atoms with E-state index < -0.39 is 6.10 Å². The van der Waals surface area contributed by atoms with E-state index in [1.54, 1.807) is 24.3 Å². The highest BCUT2D eigenvalue weighted by molar-refractivity contribution is 6.07. The smallest absolute Gasteiger partial charge is 0.340 e. The lowest BCUT2D eigenvalue weighted by molar-refractivity contribution is -0.135. The number of hydrogen-bond acceptors (Lipinski definition) is 5. The van der Waals surface area contributed by atoms with Crippen molar-refractivity contribution in [3.63, 3.8) is 0 Å². The van der Waals surface area contributed by atoms with E-state index in [2.05, 4.69) is 4.57 Å². The van der Waals surface area contributed by atoms with Crippen molar-refractivity contribution in [3.8, 4) is 5.75 Å². The molecule has 2 heterocycles.